The van der Waals surface area contributed by atoms with Crippen molar-refractivity contribution < 1.29 is 18.3 Å². The molecule has 8 heteroatoms. The maximum atomic E-state index is 12.4. The lowest BCUT2D eigenvalue weighted by Crippen LogP contribution is -2.48. The van der Waals surface area contributed by atoms with Crippen LogP contribution in [0.15, 0.2) is 12.4 Å². The lowest BCUT2D eigenvalue weighted by molar-refractivity contribution is -0.208. The zero-order chi connectivity index (χ0) is 16.3. The van der Waals surface area contributed by atoms with Crippen molar-refractivity contribution in [3.8, 4) is 0 Å². The van der Waals surface area contributed by atoms with Crippen LogP contribution < -0.4 is 4.90 Å². The van der Waals surface area contributed by atoms with Gasteiger partial charge in [-0.1, -0.05) is 0 Å². The topological polar surface area (TPSA) is 52.5 Å². The van der Waals surface area contributed by atoms with Gasteiger partial charge in [-0.25, -0.2) is 9.97 Å². The van der Waals surface area contributed by atoms with E-state index in [-0.39, 0.29) is 12.6 Å². The van der Waals surface area contributed by atoms with Gasteiger partial charge in [-0.05, 0) is 19.8 Å². The van der Waals surface area contributed by atoms with E-state index in [1.54, 1.807) is 4.90 Å². The van der Waals surface area contributed by atoms with Crippen molar-refractivity contribution in [1.29, 1.82) is 0 Å². The van der Waals surface area contributed by atoms with Gasteiger partial charge in [0.1, 0.15) is 12.1 Å². The Morgan fingerprint density at radius 2 is 2.00 bits per heavy atom. The van der Waals surface area contributed by atoms with Gasteiger partial charge in [-0.15, -0.1) is 0 Å². The van der Waals surface area contributed by atoms with Gasteiger partial charge in [0.2, 0.25) is 0 Å². The summed E-state index contributed by atoms with van der Waals surface area (Å²) in [4.78, 5) is 12.0. The maximum Gasteiger partial charge on any atom is 0.415 e. The van der Waals surface area contributed by atoms with E-state index in [4.69, 9.17) is 5.11 Å². The molecule has 1 unspecified atom stereocenters. The molecule has 2 rings (SSSR count). The molecule has 1 aliphatic heterocycles. The first-order valence-corrected chi connectivity index (χ1v) is 7.26. The highest BCUT2D eigenvalue weighted by molar-refractivity contribution is 5.39. The fourth-order valence-electron chi connectivity index (χ4n) is 2.66. The van der Waals surface area contributed by atoms with Gasteiger partial charge >= 0.3 is 6.18 Å². The molecule has 2 heterocycles. The predicted octanol–water partition coefficient (Wildman–Crippen LogP) is 1.61. The van der Waals surface area contributed by atoms with Gasteiger partial charge in [0.05, 0.1) is 0 Å². The largest absolute Gasteiger partial charge is 0.415 e. The van der Waals surface area contributed by atoms with Crippen LogP contribution in [0.4, 0.5) is 19.0 Å². The van der Waals surface area contributed by atoms with Crippen molar-refractivity contribution >= 4 is 5.82 Å². The van der Waals surface area contributed by atoms with Gasteiger partial charge in [-0.2, -0.15) is 13.2 Å². The van der Waals surface area contributed by atoms with E-state index < -0.39 is 12.3 Å². The second-order valence-electron chi connectivity index (χ2n) is 5.72. The van der Waals surface area contributed by atoms with Gasteiger partial charge in [0.15, 0.2) is 6.10 Å². The van der Waals surface area contributed by atoms with Gasteiger partial charge in [-0.3, -0.25) is 0 Å². The molecule has 1 aromatic heterocycles. The zero-order valence-electron chi connectivity index (χ0n) is 12.7. The molecule has 0 aliphatic carbocycles. The van der Waals surface area contributed by atoms with Crippen LogP contribution in [0, 0.1) is 6.92 Å². The zero-order valence-corrected chi connectivity index (χ0v) is 12.7. The predicted molar refractivity (Wildman–Crippen MR) is 76.7 cm³/mol. The average Bonchev–Trinajstić information content (AvgIpc) is 2.46. The minimum Gasteiger partial charge on any atom is -0.382 e. The number of hydrogen-bond acceptors (Lipinski definition) is 5. The minimum absolute atomic E-state index is 0.230. The number of alkyl halides is 3. The van der Waals surface area contributed by atoms with Crippen molar-refractivity contribution in [2.75, 3.05) is 31.6 Å². The van der Waals surface area contributed by atoms with Gasteiger partial charge in [0.25, 0.3) is 0 Å². The number of aliphatic hydroxyl groups excluding tert-OH is 1. The normalized spacial score (nSPS) is 19.2. The fraction of sp³-hybridized carbons (Fsp3) is 0.714. The van der Waals surface area contributed by atoms with Crippen LogP contribution >= 0.6 is 0 Å². The van der Waals surface area contributed by atoms with Gasteiger partial charge < -0.3 is 14.9 Å². The Hall–Kier alpha value is -1.41. The minimum atomic E-state index is -4.55. The molecular formula is C14H21F3N4O. The van der Waals surface area contributed by atoms with E-state index >= 15 is 0 Å². The van der Waals surface area contributed by atoms with Crippen LogP contribution in [0.2, 0.25) is 0 Å². The molecule has 0 amide bonds. The lowest BCUT2D eigenvalue weighted by Gasteiger charge is -2.38. The molecule has 1 fully saturated rings. The smallest absolute Gasteiger partial charge is 0.382 e. The summed E-state index contributed by atoms with van der Waals surface area (Å²) >= 11 is 0. The summed E-state index contributed by atoms with van der Waals surface area (Å²) < 4.78 is 37.1. The molecule has 124 valence electrons. The standard InChI is InChI=1S/C14H21F3N4O/c1-10-7-13(19-9-18-10)20(2)11-3-5-21(6-4-11)8-12(22)14(15,16)17/h7,9,11-12,22H,3-6,8H2,1-2H3. The summed E-state index contributed by atoms with van der Waals surface area (Å²) in [5, 5.41) is 9.13. The molecule has 0 aromatic carbocycles. The monoisotopic (exact) mass is 318 g/mol. The van der Waals surface area contributed by atoms with Crippen LogP contribution in [0.1, 0.15) is 18.5 Å². The van der Waals surface area contributed by atoms with E-state index in [0.29, 0.717) is 13.1 Å². The highest BCUT2D eigenvalue weighted by atomic mass is 19.4. The Balaban J connectivity index is 1.87. The number of aromatic nitrogens is 2. The number of anilines is 1. The molecule has 0 saturated carbocycles. The van der Waals surface area contributed by atoms with E-state index in [9.17, 15) is 13.2 Å². The van der Waals surface area contributed by atoms with E-state index in [1.165, 1.54) is 6.33 Å². The van der Waals surface area contributed by atoms with Crippen LogP contribution in [-0.2, 0) is 0 Å². The third kappa shape index (κ3) is 4.30. The van der Waals surface area contributed by atoms with Crippen molar-refractivity contribution in [3.63, 3.8) is 0 Å². The molecule has 0 bridgehead atoms. The summed E-state index contributed by atoms with van der Waals surface area (Å²) in [5.41, 5.74) is 0.877. The molecule has 22 heavy (non-hydrogen) atoms. The Morgan fingerprint density at radius 3 is 2.55 bits per heavy atom. The summed E-state index contributed by atoms with van der Waals surface area (Å²) in [5.74, 6) is 0.821. The Morgan fingerprint density at radius 1 is 1.36 bits per heavy atom. The first kappa shape index (κ1) is 17.0. The molecule has 1 aromatic rings. The van der Waals surface area contributed by atoms with Crippen LogP contribution in [-0.4, -0.2) is 65.0 Å². The SMILES string of the molecule is Cc1cc(N(C)C2CCN(CC(O)C(F)(F)F)CC2)ncn1. The Labute approximate surface area is 127 Å². The molecule has 0 radical (unpaired) electrons. The van der Waals surface area contributed by atoms with Crippen LogP contribution in [0.25, 0.3) is 0 Å². The maximum absolute atomic E-state index is 12.4. The summed E-state index contributed by atoms with van der Waals surface area (Å²) in [7, 11) is 1.94. The molecule has 5 nitrogen and oxygen atoms in total. The summed E-state index contributed by atoms with van der Waals surface area (Å²) in [6, 6.07) is 2.12. The van der Waals surface area contributed by atoms with Crippen LogP contribution in [0.3, 0.4) is 0 Å². The average molecular weight is 318 g/mol. The number of halogens is 3. The van der Waals surface area contributed by atoms with Gasteiger partial charge in [0, 0.05) is 44.5 Å². The number of aryl methyl sites for hydroxylation is 1. The number of piperidine rings is 1. The van der Waals surface area contributed by atoms with E-state index in [0.717, 1.165) is 24.4 Å². The van der Waals surface area contributed by atoms with Crippen LogP contribution in [0.5, 0.6) is 0 Å². The van der Waals surface area contributed by atoms with Crippen molar-refractivity contribution in [1.82, 2.24) is 14.9 Å². The third-order valence-electron chi connectivity index (χ3n) is 4.06. The number of likely N-dealkylation sites (tertiary alicyclic amines) is 1. The van der Waals surface area contributed by atoms with E-state index in [1.807, 2.05) is 24.9 Å². The summed E-state index contributed by atoms with van der Waals surface area (Å²) in [6.07, 6.45) is -3.83. The van der Waals surface area contributed by atoms with Crippen molar-refractivity contribution in [2.45, 2.75) is 38.1 Å². The molecule has 1 aliphatic rings. The number of rotatable bonds is 4. The fourth-order valence-corrected chi connectivity index (χ4v) is 2.66. The highest BCUT2D eigenvalue weighted by Gasteiger charge is 2.39. The summed E-state index contributed by atoms with van der Waals surface area (Å²) in [6.45, 7) is 2.60. The first-order valence-electron chi connectivity index (χ1n) is 7.26. The second kappa shape index (κ2) is 6.78. The Bertz CT molecular complexity index is 489. The Kier molecular flexibility index (Phi) is 5.23. The highest BCUT2D eigenvalue weighted by Crippen LogP contribution is 2.24. The lowest BCUT2D eigenvalue weighted by atomic mass is 10.0. The number of aliphatic hydroxyl groups is 1. The second-order valence-corrected chi connectivity index (χ2v) is 5.72. The third-order valence-corrected chi connectivity index (χ3v) is 4.06. The molecule has 1 N–H and O–H groups in total. The first-order chi connectivity index (χ1) is 10.3. The number of nitrogens with zero attached hydrogens (tertiary/aromatic N) is 4. The quantitative estimate of drug-likeness (QED) is 0.914. The van der Waals surface area contributed by atoms with E-state index in [2.05, 4.69) is 9.97 Å². The molecule has 0 spiro atoms. The molecular weight excluding hydrogens is 297 g/mol. The number of hydrogen-bond donors (Lipinski definition) is 1. The van der Waals surface area contributed by atoms with Crippen molar-refractivity contribution in [3.05, 3.63) is 18.1 Å². The number of β-amino-alcohol motifs (C(OH)–C–C–N with tert-alkyl or cyclic N) is 1. The van der Waals surface area contributed by atoms with Crippen molar-refractivity contribution in [2.24, 2.45) is 0 Å². The molecule has 1 saturated heterocycles. The molecule has 1 atom stereocenters.